The molecular weight excluding hydrogens is 963 g/mol. The van der Waals surface area contributed by atoms with Gasteiger partial charge in [0.05, 0.1) is 17.7 Å². The van der Waals surface area contributed by atoms with Gasteiger partial charge in [-0.2, -0.15) is 20.5 Å². The summed E-state index contributed by atoms with van der Waals surface area (Å²) in [4.78, 5) is 39.3. The Bertz CT molecular complexity index is 2970. The molecule has 0 saturated carbocycles. The van der Waals surface area contributed by atoms with E-state index in [1.807, 2.05) is 24.3 Å². The molecule has 388 valence electrons. The molecule has 4 N–H and O–H groups in total. The number of nitriles is 2. The van der Waals surface area contributed by atoms with Gasteiger partial charge in [-0.15, -0.1) is 0 Å². The zero-order valence-corrected chi connectivity index (χ0v) is 41.4. The van der Waals surface area contributed by atoms with Crippen LogP contribution in [-0.4, -0.2) is 129 Å². The topological polar surface area (TPSA) is 238 Å². The van der Waals surface area contributed by atoms with Gasteiger partial charge in [0.15, 0.2) is 17.8 Å². The number of hydrogen-bond donors (Lipinski definition) is 4. The molecule has 4 aromatic carbocycles. The van der Waals surface area contributed by atoms with Crippen molar-refractivity contribution < 1.29 is 37.6 Å². The average molecular weight is 1020 g/mol. The van der Waals surface area contributed by atoms with Crippen LogP contribution in [0.4, 0.5) is 32.1 Å². The highest BCUT2D eigenvalue weighted by Gasteiger charge is 2.35. The van der Waals surface area contributed by atoms with E-state index in [0.29, 0.717) is 70.8 Å². The van der Waals surface area contributed by atoms with Crippen LogP contribution in [0.25, 0.3) is 22.8 Å². The van der Waals surface area contributed by atoms with Crippen LogP contribution in [0, 0.1) is 22.7 Å². The predicted octanol–water partition coefficient (Wildman–Crippen LogP) is 7.87. The van der Waals surface area contributed by atoms with Gasteiger partial charge in [-0.25, -0.2) is 28.7 Å². The van der Waals surface area contributed by atoms with Crippen molar-refractivity contribution in [2.45, 2.75) is 87.9 Å². The molecule has 4 fully saturated rings. The number of likely N-dealkylation sites (tertiary alicyclic amines) is 1. The molecule has 5 atom stereocenters. The highest BCUT2D eigenvalue weighted by atomic mass is 19.1. The molecule has 0 bridgehead atoms. The second-order valence-electron chi connectivity index (χ2n) is 18.8. The van der Waals surface area contributed by atoms with Crippen LogP contribution < -0.4 is 25.4 Å². The van der Waals surface area contributed by atoms with Gasteiger partial charge < -0.3 is 44.9 Å². The van der Waals surface area contributed by atoms with E-state index in [2.05, 4.69) is 82.3 Å². The van der Waals surface area contributed by atoms with E-state index in [-0.39, 0.29) is 37.4 Å². The largest absolute Gasteiger partial charge is 0.486 e. The summed E-state index contributed by atoms with van der Waals surface area (Å²) in [5.74, 6) is 2.70. The monoisotopic (exact) mass is 1020 g/mol. The van der Waals surface area contributed by atoms with Gasteiger partial charge in [-0.1, -0.05) is 24.3 Å². The minimum atomic E-state index is -1.45. The fourth-order valence-electron chi connectivity index (χ4n) is 9.44. The maximum Gasteiger partial charge on any atom is 0.251 e. The Kier molecular flexibility index (Phi) is 17.4. The summed E-state index contributed by atoms with van der Waals surface area (Å²) in [5, 5.41) is 38.3. The highest BCUT2D eigenvalue weighted by Crippen LogP contribution is 2.33. The quantitative estimate of drug-likeness (QED) is 0.0860. The van der Waals surface area contributed by atoms with Crippen molar-refractivity contribution in [3.05, 3.63) is 120 Å². The molecule has 75 heavy (non-hydrogen) atoms. The zero-order chi connectivity index (χ0) is 52.1. The Labute approximate surface area is 433 Å². The molecule has 18 nitrogen and oxygen atoms in total. The number of alkyl halides is 2. The summed E-state index contributed by atoms with van der Waals surface area (Å²) in [6.07, 6.45) is 2.62. The Morgan fingerprint density at radius 3 is 1.61 bits per heavy atom. The molecule has 6 heterocycles. The first-order valence-electron chi connectivity index (χ1n) is 25.3. The van der Waals surface area contributed by atoms with Crippen molar-refractivity contribution in [2.24, 2.45) is 0 Å². The Morgan fingerprint density at radius 2 is 1.17 bits per heavy atom. The summed E-state index contributed by atoms with van der Waals surface area (Å²) in [6, 6.07) is 30.7. The Morgan fingerprint density at radius 1 is 0.693 bits per heavy atom. The van der Waals surface area contributed by atoms with Crippen LogP contribution in [0.1, 0.15) is 79.5 Å². The fraction of sp³-hybridized carbons (Fsp3) is 0.400. The van der Waals surface area contributed by atoms with Crippen molar-refractivity contribution in [3.63, 3.8) is 0 Å². The third kappa shape index (κ3) is 13.5. The molecule has 4 aliphatic rings. The molecular formula is C55H58F2N12O6. The van der Waals surface area contributed by atoms with E-state index in [1.54, 1.807) is 36.4 Å². The number of carbonyl (C=O) groups is 1. The lowest BCUT2D eigenvalue weighted by Crippen LogP contribution is -2.51. The van der Waals surface area contributed by atoms with E-state index in [4.69, 9.17) is 18.9 Å². The molecule has 0 aliphatic carbocycles. The van der Waals surface area contributed by atoms with Crippen LogP contribution in [0.2, 0.25) is 0 Å². The summed E-state index contributed by atoms with van der Waals surface area (Å²) in [6.45, 7) is 5.59. The third-order valence-electron chi connectivity index (χ3n) is 13.6. The van der Waals surface area contributed by atoms with Gasteiger partial charge >= 0.3 is 0 Å². The van der Waals surface area contributed by atoms with E-state index in [0.717, 1.165) is 63.5 Å². The number of anilines is 4. The van der Waals surface area contributed by atoms with Crippen molar-refractivity contribution in [2.75, 3.05) is 63.2 Å². The van der Waals surface area contributed by atoms with Crippen LogP contribution in [0.3, 0.4) is 0 Å². The minimum Gasteiger partial charge on any atom is -0.486 e. The number of nitrogens with one attached hydrogen (secondary N) is 3. The molecule has 2 aromatic heterocycles. The first-order valence-corrected chi connectivity index (χ1v) is 25.3. The van der Waals surface area contributed by atoms with Gasteiger partial charge in [-0.05, 0) is 129 Å². The number of piperidine rings is 2. The van der Waals surface area contributed by atoms with Gasteiger partial charge in [0.2, 0.25) is 11.9 Å². The summed E-state index contributed by atoms with van der Waals surface area (Å²) < 4.78 is 51.5. The van der Waals surface area contributed by atoms with Gasteiger partial charge in [-0.3, -0.25) is 4.79 Å². The SMILES string of the molecule is C[C@H](O)C(=O)N1CC[C@H](Oc2ccc(-c3ncnc(Nc4ccc(C5CCOCC5)cc4)n3)cc2C#N)[C@H](F)C1.N#Cc1cc(-c2ncnc(Nc3ccc(C4CCOCC4)cc3)n2)ccc1O[C@H]1CCNC[C@H]1F. The molecule has 0 radical (unpaired) electrons. The van der Waals surface area contributed by atoms with Crippen LogP contribution in [-0.2, 0) is 14.3 Å². The molecule has 1 amide bonds. The maximum atomic E-state index is 14.8. The van der Waals surface area contributed by atoms with E-state index < -0.39 is 36.6 Å². The number of rotatable bonds is 13. The lowest BCUT2D eigenvalue weighted by molar-refractivity contribution is -0.143. The number of nitrogens with zero attached hydrogens (tertiary/aromatic N) is 9. The minimum absolute atomic E-state index is 0.173. The second-order valence-corrected chi connectivity index (χ2v) is 18.8. The molecule has 4 aliphatic heterocycles. The fourth-order valence-corrected chi connectivity index (χ4v) is 9.44. The van der Waals surface area contributed by atoms with E-state index >= 15 is 0 Å². The van der Waals surface area contributed by atoms with Crippen molar-refractivity contribution in [3.8, 4) is 46.4 Å². The highest BCUT2D eigenvalue weighted by molar-refractivity contribution is 5.80. The Balaban J connectivity index is 0.000000185. The number of aliphatic hydroxyl groups is 1. The van der Waals surface area contributed by atoms with Gasteiger partial charge in [0.1, 0.15) is 60.8 Å². The molecule has 0 spiro atoms. The second kappa shape index (κ2) is 25.0. The zero-order valence-electron chi connectivity index (χ0n) is 41.4. The summed E-state index contributed by atoms with van der Waals surface area (Å²) >= 11 is 0. The van der Waals surface area contributed by atoms with Crippen LogP contribution in [0.5, 0.6) is 11.5 Å². The number of ether oxygens (including phenoxy) is 4. The number of halogens is 2. The maximum absolute atomic E-state index is 14.8. The number of hydrogen-bond acceptors (Lipinski definition) is 17. The average Bonchev–Trinajstić information content (AvgIpc) is 3.45. The van der Waals surface area contributed by atoms with Crippen molar-refractivity contribution >= 4 is 29.2 Å². The lowest BCUT2D eigenvalue weighted by Gasteiger charge is -2.35. The number of aromatic nitrogens is 6. The van der Waals surface area contributed by atoms with Crippen molar-refractivity contribution in [1.82, 2.24) is 40.1 Å². The van der Waals surface area contributed by atoms with Gasteiger partial charge in [0.25, 0.3) is 5.91 Å². The lowest BCUT2D eigenvalue weighted by atomic mass is 9.92. The molecule has 0 unspecified atom stereocenters. The number of carbonyl (C=O) groups excluding carboxylic acids is 1. The standard InChI is InChI=1S/C29H31FN6O4.C26H27FN6O2/c1-18(37)28(38)36-11-8-26(24(30)16-36)40-25-7-4-21(14-22(25)15-31)27-32-17-33-29(35-27)34-23-5-2-19(3-6-23)20-9-12-39-13-10-20;27-22-15-29-10-7-24(22)35-23-6-3-19(13-20(23)14-28)25-30-16-31-26(33-25)32-21-4-1-17(2-5-21)18-8-11-34-12-9-18/h2-7,14,17-18,20,24,26,37H,8-13,16H2,1H3,(H,32,33,34,35);1-6,13,16,18,22,24,29H,7-12,15H2,(H,30,31,32,33)/t18-,24+,26-;22-,24+/m01/s1. The Hall–Kier alpha value is -7.75. The first-order chi connectivity index (χ1) is 36.6. The van der Waals surface area contributed by atoms with Crippen LogP contribution in [0.15, 0.2) is 97.6 Å². The smallest absolute Gasteiger partial charge is 0.251 e. The summed E-state index contributed by atoms with van der Waals surface area (Å²) in [7, 11) is 0. The first kappa shape index (κ1) is 52.1. The van der Waals surface area contributed by atoms with Crippen molar-refractivity contribution in [1.29, 1.82) is 10.5 Å². The molecule has 6 aromatic rings. The number of aliphatic hydroxyl groups excluding tert-OH is 1. The molecule has 4 saturated heterocycles. The number of benzene rings is 4. The number of amides is 1. The molecule has 20 heteroatoms. The predicted molar refractivity (Wildman–Crippen MR) is 274 cm³/mol. The molecule has 10 rings (SSSR count). The van der Waals surface area contributed by atoms with E-state index in [1.165, 1.54) is 35.6 Å². The summed E-state index contributed by atoms with van der Waals surface area (Å²) in [5.41, 5.74) is 6.07. The van der Waals surface area contributed by atoms with Gasteiger partial charge in [0, 0.05) is 68.4 Å². The third-order valence-corrected chi connectivity index (χ3v) is 13.6. The normalized spacial score (nSPS) is 20.5. The van der Waals surface area contributed by atoms with E-state index in [9.17, 15) is 29.2 Å². The van der Waals surface area contributed by atoms with Crippen LogP contribution >= 0.6 is 0 Å².